The number of ketones is 1. The lowest BCUT2D eigenvalue weighted by Crippen LogP contribution is -2.30. The standard InChI is InChI=1S/C22H25NO5/c1-3-28-22(25)14-13-20(23(26)27)19(17-7-5-4-6-8-17)15-21(24)18-11-9-16(2)10-12-18/h4-12,19-20H,3,13-15H2,1-2H3/t19-,20+/m0/s1. The SMILES string of the molecule is CCOC(=O)CC[C@H]([C@@H](CC(=O)c1ccc(C)cc1)c1ccccc1)[N+](=O)[O-]. The number of nitro groups is 1. The summed E-state index contributed by atoms with van der Waals surface area (Å²) in [7, 11) is 0. The molecule has 2 rings (SSSR count). The molecule has 0 fully saturated rings. The van der Waals surface area contributed by atoms with Crippen LogP contribution in [0.15, 0.2) is 54.6 Å². The number of benzene rings is 2. The van der Waals surface area contributed by atoms with E-state index in [2.05, 4.69) is 0 Å². The maximum Gasteiger partial charge on any atom is 0.306 e. The van der Waals surface area contributed by atoms with Crippen molar-refractivity contribution in [2.75, 3.05) is 6.61 Å². The van der Waals surface area contributed by atoms with Crippen molar-refractivity contribution in [2.45, 2.75) is 45.1 Å². The third kappa shape index (κ3) is 6.01. The van der Waals surface area contributed by atoms with Gasteiger partial charge in [-0.15, -0.1) is 0 Å². The first-order valence-electron chi connectivity index (χ1n) is 9.36. The Morgan fingerprint density at radius 3 is 2.29 bits per heavy atom. The Hall–Kier alpha value is -3.02. The molecule has 2 aromatic carbocycles. The van der Waals surface area contributed by atoms with Crippen molar-refractivity contribution in [1.29, 1.82) is 0 Å². The summed E-state index contributed by atoms with van der Waals surface area (Å²) in [5.74, 6) is -1.25. The van der Waals surface area contributed by atoms with Crippen molar-refractivity contribution in [3.8, 4) is 0 Å². The van der Waals surface area contributed by atoms with Crippen molar-refractivity contribution in [1.82, 2.24) is 0 Å². The third-order valence-corrected chi connectivity index (χ3v) is 4.69. The van der Waals surface area contributed by atoms with Gasteiger partial charge >= 0.3 is 5.97 Å². The number of aryl methyl sites for hydroxylation is 1. The minimum atomic E-state index is -1.05. The van der Waals surface area contributed by atoms with Crippen molar-refractivity contribution < 1.29 is 19.2 Å². The van der Waals surface area contributed by atoms with E-state index >= 15 is 0 Å². The second kappa shape index (κ2) is 10.3. The second-order valence-corrected chi connectivity index (χ2v) is 6.71. The van der Waals surface area contributed by atoms with Crippen LogP contribution >= 0.6 is 0 Å². The summed E-state index contributed by atoms with van der Waals surface area (Å²) < 4.78 is 4.89. The largest absolute Gasteiger partial charge is 0.466 e. The number of hydrogen-bond acceptors (Lipinski definition) is 5. The predicted molar refractivity (Wildman–Crippen MR) is 106 cm³/mol. The summed E-state index contributed by atoms with van der Waals surface area (Å²) in [4.78, 5) is 35.9. The number of Topliss-reactive ketones (excluding diaryl/α,β-unsaturated/α-hetero) is 1. The summed E-state index contributed by atoms with van der Waals surface area (Å²) in [6, 6.07) is 15.1. The number of carbonyl (C=O) groups excluding carboxylic acids is 2. The molecule has 148 valence electrons. The van der Waals surface area contributed by atoms with E-state index < -0.39 is 17.9 Å². The lowest BCUT2D eigenvalue weighted by atomic mass is 9.84. The average Bonchev–Trinajstić information content (AvgIpc) is 2.68. The van der Waals surface area contributed by atoms with E-state index in [9.17, 15) is 19.7 Å². The molecule has 0 aromatic heterocycles. The molecule has 0 N–H and O–H groups in total. The molecule has 6 nitrogen and oxygen atoms in total. The van der Waals surface area contributed by atoms with Crippen molar-refractivity contribution in [3.63, 3.8) is 0 Å². The zero-order valence-corrected chi connectivity index (χ0v) is 16.2. The Kier molecular flexibility index (Phi) is 7.87. The highest BCUT2D eigenvalue weighted by molar-refractivity contribution is 5.96. The number of nitrogens with zero attached hydrogens (tertiary/aromatic N) is 1. The maximum absolute atomic E-state index is 12.8. The van der Waals surface area contributed by atoms with E-state index in [1.807, 2.05) is 25.1 Å². The summed E-state index contributed by atoms with van der Waals surface area (Å²) >= 11 is 0. The summed E-state index contributed by atoms with van der Waals surface area (Å²) in [6.07, 6.45) is -0.0321. The van der Waals surface area contributed by atoms with Crippen LogP contribution < -0.4 is 0 Å². The number of carbonyl (C=O) groups is 2. The van der Waals surface area contributed by atoms with Crippen LogP contribution in [-0.2, 0) is 9.53 Å². The molecule has 0 saturated carbocycles. The molecule has 6 heteroatoms. The summed E-state index contributed by atoms with van der Waals surface area (Å²) in [6.45, 7) is 3.85. The van der Waals surface area contributed by atoms with Gasteiger partial charge in [-0.2, -0.15) is 0 Å². The predicted octanol–water partition coefficient (Wildman–Crippen LogP) is 4.34. The number of hydrogen-bond donors (Lipinski definition) is 0. The molecule has 0 bridgehead atoms. The molecule has 0 unspecified atom stereocenters. The Balaban J connectivity index is 2.26. The molecular formula is C22H25NO5. The van der Waals surface area contributed by atoms with E-state index in [4.69, 9.17) is 4.74 Å². The summed E-state index contributed by atoms with van der Waals surface area (Å²) in [5, 5.41) is 11.8. The first kappa shape index (κ1) is 21.3. The lowest BCUT2D eigenvalue weighted by molar-refractivity contribution is -0.527. The highest BCUT2D eigenvalue weighted by atomic mass is 16.6. The van der Waals surface area contributed by atoms with Gasteiger partial charge in [0.1, 0.15) is 0 Å². The number of esters is 1. The first-order chi connectivity index (χ1) is 13.4. The van der Waals surface area contributed by atoms with Gasteiger partial charge in [-0.3, -0.25) is 19.7 Å². The van der Waals surface area contributed by atoms with Crippen molar-refractivity contribution in [3.05, 3.63) is 81.4 Å². The highest BCUT2D eigenvalue weighted by Crippen LogP contribution is 2.30. The lowest BCUT2D eigenvalue weighted by Gasteiger charge is -2.21. The van der Waals surface area contributed by atoms with Gasteiger partial charge in [0.25, 0.3) is 0 Å². The third-order valence-electron chi connectivity index (χ3n) is 4.69. The highest BCUT2D eigenvalue weighted by Gasteiger charge is 2.35. The Bertz CT molecular complexity index is 801. The smallest absolute Gasteiger partial charge is 0.306 e. The first-order valence-corrected chi connectivity index (χ1v) is 9.36. The van der Waals surface area contributed by atoms with E-state index in [1.54, 1.807) is 43.3 Å². The van der Waals surface area contributed by atoms with Gasteiger partial charge < -0.3 is 4.74 Å². The zero-order valence-electron chi connectivity index (χ0n) is 16.2. The van der Waals surface area contributed by atoms with Gasteiger partial charge in [0.2, 0.25) is 6.04 Å². The zero-order chi connectivity index (χ0) is 20.5. The average molecular weight is 383 g/mol. The van der Waals surface area contributed by atoms with Gasteiger partial charge in [-0.1, -0.05) is 60.2 Å². The molecular weight excluding hydrogens is 358 g/mol. The molecule has 0 amide bonds. The van der Waals surface area contributed by atoms with Gasteiger partial charge in [0.15, 0.2) is 5.78 Å². The molecule has 0 spiro atoms. The molecule has 0 aliphatic carbocycles. The molecule has 0 saturated heterocycles. The molecule has 0 aliphatic rings. The van der Waals surface area contributed by atoms with Crippen molar-refractivity contribution >= 4 is 11.8 Å². The topological polar surface area (TPSA) is 86.5 Å². The molecule has 2 aromatic rings. The number of rotatable bonds is 10. The Morgan fingerprint density at radius 2 is 1.71 bits per heavy atom. The van der Waals surface area contributed by atoms with Gasteiger partial charge in [-0.05, 0) is 19.4 Å². The fourth-order valence-corrected chi connectivity index (χ4v) is 3.19. The van der Waals surface area contributed by atoms with Crippen molar-refractivity contribution in [2.24, 2.45) is 0 Å². The molecule has 0 heterocycles. The van der Waals surface area contributed by atoms with Crippen LogP contribution in [0.4, 0.5) is 0 Å². The monoisotopic (exact) mass is 383 g/mol. The van der Waals surface area contributed by atoms with E-state index in [-0.39, 0.29) is 36.6 Å². The molecule has 0 radical (unpaired) electrons. The minimum absolute atomic E-state index is 0.00153. The van der Waals surface area contributed by atoms with Crippen LogP contribution in [-0.4, -0.2) is 29.3 Å². The van der Waals surface area contributed by atoms with Crippen LogP contribution in [0.3, 0.4) is 0 Å². The maximum atomic E-state index is 12.8. The van der Waals surface area contributed by atoms with Gasteiger partial charge in [-0.25, -0.2) is 0 Å². The van der Waals surface area contributed by atoms with Crippen LogP contribution in [0.5, 0.6) is 0 Å². The summed E-state index contributed by atoms with van der Waals surface area (Å²) in [5.41, 5.74) is 2.28. The minimum Gasteiger partial charge on any atom is -0.466 e. The molecule has 2 atom stereocenters. The normalized spacial score (nSPS) is 12.8. The fraction of sp³-hybridized carbons (Fsp3) is 0.364. The van der Waals surface area contributed by atoms with Crippen LogP contribution in [0.1, 0.15) is 53.6 Å². The van der Waals surface area contributed by atoms with Crippen LogP contribution in [0, 0.1) is 17.0 Å². The van der Waals surface area contributed by atoms with E-state index in [0.29, 0.717) is 11.1 Å². The number of ether oxygens (including phenoxy) is 1. The molecule has 28 heavy (non-hydrogen) atoms. The van der Waals surface area contributed by atoms with E-state index in [1.165, 1.54) is 0 Å². The molecule has 0 aliphatic heterocycles. The second-order valence-electron chi connectivity index (χ2n) is 6.71. The Morgan fingerprint density at radius 1 is 1.07 bits per heavy atom. The van der Waals surface area contributed by atoms with Gasteiger partial charge in [0, 0.05) is 23.3 Å². The van der Waals surface area contributed by atoms with Gasteiger partial charge in [0.05, 0.1) is 18.9 Å². The van der Waals surface area contributed by atoms with Crippen LogP contribution in [0.25, 0.3) is 0 Å². The Labute approximate surface area is 164 Å². The quantitative estimate of drug-likeness (QED) is 0.264. The van der Waals surface area contributed by atoms with E-state index in [0.717, 1.165) is 5.56 Å². The fourth-order valence-electron chi connectivity index (χ4n) is 3.19. The van der Waals surface area contributed by atoms with Crippen LogP contribution in [0.2, 0.25) is 0 Å².